The van der Waals surface area contributed by atoms with Gasteiger partial charge in [0.15, 0.2) is 5.96 Å². The van der Waals surface area contributed by atoms with Crippen molar-refractivity contribution >= 4 is 22.8 Å². The molecule has 1 aromatic heterocycles. The van der Waals surface area contributed by atoms with Gasteiger partial charge in [-0.3, -0.25) is 9.79 Å². The molecule has 7 nitrogen and oxygen atoms in total. The number of aryl methyl sites for hydroxylation is 1. The number of aliphatic imine (C=N–C) groups is 1. The topological polar surface area (TPSA) is 79.7 Å². The summed E-state index contributed by atoms with van der Waals surface area (Å²) in [6.07, 6.45) is 5.35. The molecule has 1 saturated heterocycles. The molecule has 1 unspecified atom stereocenters. The van der Waals surface area contributed by atoms with E-state index < -0.39 is 0 Å². The van der Waals surface area contributed by atoms with Crippen LogP contribution in [-0.4, -0.2) is 49.3 Å². The van der Waals surface area contributed by atoms with E-state index in [9.17, 15) is 4.79 Å². The quantitative estimate of drug-likeness (QED) is 0.267. The van der Waals surface area contributed by atoms with Crippen LogP contribution in [0, 0.1) is 0 Å². The Kier molecular flexibility index (Phi) is 7.98. The third-order valence-electron chi connectivity index (χ3n) is 5.94. The number of nitrogens with zero attached hydrogens (tertiary/aromatic N) is 2. The fraction of sp³-hybridized carbons (Fsp3) is 0.385. The average Bonchev–Trinajstić information content (AvgIpc) is 3.52. The summed E-state index contributed by atoms with van der Waals surface area (Å²) in [5.74, 6) is 0.688. The number of carbonyl (C=O) groups is 1. The summed E-state index contributed by atoms with van der Waals surface area (Å²) in [4.78, 5) is 16.8. The Bertz CT molecular complexity index is 1080. The maximum Gasteiger partial charge on any atom is 0.251 e. The minimum Gasteiger partial charge on any atom is -0.376 e. The maximum atomic E-state index is 12.5. The molecule has 3 aromatic rings. The van der Waals surface area contributed by atoms with Gasteiger partial charge in [0.2, 0.25) is 0 Å². The first-order valence-corrected chi connectivity index (χ1v) is 11.7. The normalized spacial score (nSPS) is 16.2. The Labute approximate surface area is 195 Å². The SMILES string of the molecule is CN=C(NCCCn1ccc2ccccc21)NCc1cccc(C(=O)NCC2CCCO2)c1. The number of benzene rings is 2. The second kappa shape index (κ2) is 11.5. The van der Waals surface area contributed by atoms with E-state index in [-0.39, 0.29) is 12.0 Å². The van der Waals surface area contributed by atoms with Crippen LogP contribution in [0.25, 0.3) is 10.9 Å². The first-order valence-electron chi connectivity index (χ1n) is 11.7. The zero-order valence-electron chi connectivity index (χ0n) is 19.2. The van der Waals surface area contributed by atoms with Crippen LogP contribution < -0.4 is 16.0 Å². The summed E-state index contributed by atoms with van der Waals surface area (Å²) in [5.41, 5.74) is 2.95. The molecule has 7 heteroatoms. The van der Waals surface area contributed by atoms with Crippen LogP contribution in [0.5, 0.6) is 0 Å². The molecule has 1 atom stereocenters. The van der Waals surface area contributed by atoms with Crippen LogP contribution in [0.1, 0.15) is 35.2 Å². The lowest BCUT2D eigenvalue weighted by atomic mass is 10.1. The van der Waals surface area contributed by atoms with Gasteiger partial charge in [0, 0.05) is 57.1 Å². The predicted molar refractivity (Wildman–Crippen MR) is 133 cm³/mol. The molecule has 0 aliphatic carbocycles. The highest BCUT2D eigenvalue weighted by Gasteiger charge is 2.16. The number of rotatable bonds is 9. The number of guanidine groups is 1. The monoisotopic (exact) mass is 447 g/mol. The third-order valence-corrected chi connectivity index (χ3v) is 5.94. The second-order valence-electron chi connectivity index (χ2n) is 8.32. The van der Waals surface area contributed by atoms with Crippen molar-refractivity contribution in [2.45, 2.75) is 38.5 Å². The highest BCUT2D eigenvalue weighted by Crippen LogP contribution is 2.15. The van der Waals surface area contributed by atoms with Crippen LogP contribution in [0.3, 0.4) is 0 Å². The lowest BCUT2D eigenvalue weighted by Crippen LogP contribution is -2.37. The molecule has 1 fully saturated rings. The molecule has 0 bridgehead atoms. The van der Waals surface area contributed by atoms with Crippen molar-refractivity contribution in [3.63, 3.8) is 0 Å². The Morgan fingerprint density at radius 1 is 1.12 bits per heavy atom. The van der Waals surface area contributed by atoms with Gasteiger partial charge in [0.1, 0.15) is 0 Å². The molecule has 174 valence electrons. The number of aromatic nitrogens is 1. The van der Waals surface area contributed by atoms with Crippen molar-refractivity contribution in [1.29, 1.82) is 0 Å². The Morgan fingerprint density at radius 3 is 2.88 bits per heavy atom. The molecule has 0 radical (unpaired) electrons. The molecule has 1 amide bonds. The van der Waals surface area contributed by atoms with Crippen molar-refractivity contribution in [2.75, 3.05) is 26.7 Å². The molecule has 2 heterocycles. The predicted octanol–water partition coefficient (Wildman–Crippen LogP) is 3.31. The summed E-state index contributed by atoms with van der Waals surface area (Å²) in [6.45, 7) is 3.71. The molecular formula is C26H33N5O2. The van der Waals surface area contributed by atoms with Gasteiger partial charge in [-0.25, -0.2) is 0 Å². The third kappa shape index (κ3) is 6.35. The van der Waals surface area contributed by atoms with Gasteiger partial charge in [-0.2, -0.15) is 0 Å². The number of hydrogen-bond donors (Lipinski definition) is 3. The molecule has 0 spiro atoms. The highest BCUT2D eigenvalue weighted by atomic mass is 16.5. The van der Waals surface area contributed by atoms with Crippen LogP contribution in [0.15, 0.2) is 65.8 Å². The molecule has 0 saturated carbocycles. The van der Waals surface area contributed by atoms with Gasteiger partial charge in [-0.15, -0.1) is 0 Å². The van der Waals surface area contributed by atoms with E-state index in [4.69, 9.17) is 4.74 Å². The Balaban J connectivity index is 1.20. The first kappa shape index (κ1) is 22.9. The average molecular weight is 448 g/mol. The zero-order chi connectivity index (χ0) is 22.9. The van der Waals surface area contributed by atoms with Gasteiger partial charge in [0.05, 0.1) is 6.10 Å². The molecule has 2 aromatic carbocycles. The Hall–Kier alpha value is -3.32. The lowest BCUT2D eigenvalue weighted by Gasteiger charge is -2.14. The highest BCUT2D eigenvalue weighted by molar-refractivity contribution is 5.94. The molecule has 3 N–H and O–H groups in total. The second-order valence-corrected chi connectivity index (χ2v) is 8.32. The van der Waals surface area contributed by atoms with E-state index in [1.807, 2.05) is 24.3 Å². The van der Waals surface area contributed by atoms with Gasteiger partial charge in [0.25, 0.3) is 5.91 Å². The van der Waals surface area contributed by atoms with Gasteiger partial charge < -0.3 is 25.3 Å². The summed E-state index contributed by atoms with van der Waals surface area (Å²) in [5, 5.41) is 11.0. The van der Waals surface area contributed by atoms with Crippen molar-refractivity contribution in [2.24, 2.45) is 4.99 Å². The number of ether oxygens (including phenoxy) is 1. The van der Waals surface area contributed by atoms with E-state index in [1.165, 1.54) is 10.9 Å². The number of amides is 1. The van der Waals surface area contributed by atoms with Crippen molar-refractivity contribution < 1.29 is 9.53 Å². The van der Waals surface area contributed by atoms with Crippen molar-refractivity contribution in [1.82, 2.24) is 20.5 Å². The van der Waals surface area contributed by atoms with Crippen LogP contribution in [0.4, 0.5) is 0 Å². The molecule has 33 heavy (non-hydrogen) atoms. The number of hydrogen-bond acceptors (Lipinski definition) is 3. The fourth-order valence-corrected chi connectivity index (χ4v) is 4.13. The summed E-state index contributed by atoms with van der Waals surface area (Å²) in [7, 11) is 1.77. The van der Waals surface area contributed by atoms with E-state index >= 15 is 0 Å². The van der Waals surface area contributed by atoms with Crippen LogP contribution in [-0.2, 0) is 17.8 Å². The smallest absolute Gasteiger partial charge is 0.251 e. The molecule has 1 aliphatic heterocycles. The summed E-state index contributed by atoms with van der Waals surface area (Å²) < 4.78 is 7.85. The number of nitrogens with one attached hydrogen (secondary N) is 3. The lowest BCUT2D eigenvalue weighted by molar-refractivity contribution is 0.0857. The van der Waals surface area contributed by atoms with Crippen molar-refractivity contribution in [3.8, 4) is 0 Å². The standard InChI is InChI=1S/C26H33N5O2/c1-27-26(28-13-6-14-31-15-12-21-8-2-3-11-24(21)31)30-18-20-7-4-9-22(17-20)25(32)29-19-23-10-5-16-33-23/h2-4,7-9,11-12,15,17,23H,5-6,10,13-14,16,18-19H2,1H3,(H,29,32)(H2,27,28,30). The Morgan fingerprint density at radius 2 is 2.03 bits per heavy atom. The number of carbonyl (C=O) groups excluding carboxylic acids is 1. The van der Waals surface area contributed by atoms with Gasteiger partial charge >= 0.3 is 0 Å². The maximum absolute atomic E-state index is 12.5. The first-order chi connectivity index (χ1) is 16.2. The van der Waals surface area contributed by atoms with E-state index in [2.05, 4.69) is 62.0 Å². The van der Waals surface area contributed by atoms with Gasteiger partial charge in [-0.05, 0) is 54.5 Å². The fourth-order valence-electron chi connectivity index (χ4n) is 4.13. The van der Waals surface area contributed by atoms with E-state index in [1.54, 1.807) is 7.05 Å². The van der Waals surface area contributed by atoms with E-state index in [0.29, 0.717) is 18.7 Å². The molecular weight excluding hydrogens is 414 g/mol. The summed E-state index contributed by atoms with van der Waals surface area (Å²) in [6, 6.07) is 18.3. The minimum atomic E-state index is -0.0626. The van der Waals surface area contributed by atoms with Gasteiger partial charge in [-0.1, -0.05) is 30.3 Å². The zero-order valence-corrected chi connectivity index (χ0v) is 19.2. The number of fused-ring (bicyclic) bond motifs is 1. The number of para-hydroxylation sites is 1. The van der Waals surface area contributed by atoms with E-state index in [0.717, 1.165) is 50.5 Å². The van der Waals surface area contributed by atoms with Crippen LogP contribution >= 0.6 is 0 Å². The largest absolute Gasteiger partial charge is 0.376 e. The summed E-state index contributed by atoms with van der Waals surface area (Å²) >= 11 is 0. The van der Waals surface area contributed by atoms with Crippen LogP contribution in [0.2, 0.25) is 0 Å². The molecule has 4 rings (SSSR count). The van der Waals surface area contributed by atoms with Crippen molar-refractivity contribution in [3.05, 3.63) is 71.9 Å². The molecule has 1 aliphatic rings. The minimum absolute atomic E-state index is 0.0626.